The summed E-state index contributed by atoms with van der Waals surface area (Å²) in [6, 6.07) is 6.52. The van der Waals surface area contributed by atoms with Crippen LogP contribution in [-0.2, 0) is 16.1 Å². The number of halogens is 1. The first-order valence-electron chi connectivity index (χ1n) is 8.72. The Morgan fingerprint density at radius 3 is 3.00 bits per heavy atom. The van der Waals surface area contributed by atoms with Crippen molar-refractivity contribution in [1.82, 2.24) is 14.9 Å². The molecule has 1 aromatic carbocycles. The zero-order valence-corrected chi connectivity index (χ0v) is 14.0. The predicted molar refractivity (Wildman–Crippen MR) is 89.7 cm³/mol. The number of hydrogen-bond acceptors (Lipinski definition) is 4. The molecule has 2 atom stereocenters. The standard InChI is InChI=1S/C18H24FN3O2/c1-12-2-3-15-16(8-12)21-18(20-15)11-24-17-10-22(9-14(17)19)13-4-6-23-7-5-13/h2-3,8,13-14,17H,4-7,9-11H2,1H3,(H,20,21). The molecule has 24 heavy (non-hydrogen) atoms. The number of rotatable bonds is 4. The van der Waals surface area contributed by atoms with Crippen LogP contribution in [0.25, 0.3) is 11.0 Å². The van der Waals surface area contributed by atoms with Gasteiger partial charge in [0.25, 0.3) is 0 Å². The SMILES string of the molecule is Cc1ccc2nc(COC3CN(C4CCOCC4)CC3F)[nH]c2c1. The van der Waals surface area contributed by atoms with E-state index in [0.717, 1.165) is 42.9 Å². The lowest BCUT2D eigenvalue weighted by atomic mass is 10.1. The topological polar surface area (TPSA) is 50.4 Å². The van der Waals surface area contributed by atoms with Gasteiger partial charge in [-0.1, -0.05) is 6.07 Å². The van der Waals surface area contributed by atoms with Crippen LogP contribution in [-0.4, -0.2) is 59.5 Å². The van der Waals surface area contributed by atoms with Gasteiger partial charge >= 0.3 is 0 Å². The van der Waals surface area contributed by atoms with E-state index in [0.29, 0.717) is 25.7 Å². The van der Waals surface area contributed by atoms with Gasteiger partial charge in [0.1, 0.15) is 24.7 Å². The van der Waals surface area contributed by atoms with Crippen molar-refractivity contribution in [2.45, 2.75) is 44.7 Å². The first-order chi connectivity index (χ1) is 11.7. The number of aromatic amines is 1. The lowest BCUT2D eigenvalue weighted by Gasteiger charge is -2.30. The van der Waals surface area contributed by atoms with Gasteiger partial charge in [0, 0.05) is 32.3 Å². The fourth-order valence-electron chi connectivity index (χ4n) is 3.70. The molecule has 130 valence electrons. The highest BCUT2D eigenvalue weighted by atomic mass is 19.1. The van der Waals surface area contributed by atoms with Crippen LogP contribution in [0.4, 0.5) is 4.39 Å². The molecule has 1 aromatic heterocycles. The molecule has 1 N–H and O–H groups in total. The van der Waals surface area contributed by atoms with Crippen molar-refractivity contribution in [3.63, 3.8) is 0 Å². The van der Waals surface area contributed by atoms with Crippen LogP contribution in [0.15, 0.2) is 18.2 Å². The van der Waals surface area contributed by atoms with Gasteiger partial charge in [-0.05, 0) is 37.5 Å². The minimum absolute atomic E-state index is 0.320. The van der Waals surface area contributed by atoms with Crippen molar-refractivity contribution < 1.29 is 13.9 Å². The average molecular weight is 333 g/mol. The number of hydrogen-bond donors (Lipinski definition) is 1. The van der Waals surface area contributed by atoms with Gasteiger partial charge in [0.05, 0.1) is 11.0 Å². The van der Waals surface area contributed by atoms with E-state index in [1.807, 2.05) is 19.1 Å². The highest BCUT2D eigenvalue weighted by Crippen LogP contribution is 2.24. The predicted octanol–water partition coefficient (Wildman–Crippen LogP) is 2.59. The normalized spacial score (nSPS) is 26.4. The van der Waals surface area contributed by atoms with Gasteiger partial charge in [0.15, 0.2) is 0 Å². The Morgan fingerprint density at radius 2 is 2.17 bits per heavy atom. The second kappa shape index (κ2) is 6.78. The number of benzene rings is 1. The largest absolute Gasteiger partial charge is 0.381 e. The maximum Gasteiger partial charge on any atom is 0.140 e. The molecular formula is C18H24FN3O2. The van der Waals surface area contributed by atoms with E-state index in [4.69, 9.17) is 9.47 Å². The number of ether oxygens (including phenoxy) is 2. The van der Waals surface area contributed by atoms with Crippen LogP contribution in [0.5, 0.6) is 0 Å². The van der Waals surface area contributed by atoms with Crippen molar-refractivity contribution in [3.8, 4) is 0 Å². The molecule has 0 bridgehead atoms. The number of H-pyrrole nitrogens is 1. The molecule has 0 aliphatic carbocycles. The maximum absolute atomic E-state index is 14.3. The Balaban J connectivity index is 1.36. The number of aromatic nitrogens is 2. The maximum atomic E-state index is 14.3. The van der Waals surface area contributed by atoms with Crippen LogP contribution in [0, 0.1) is 6.92 Å². The summed E-state index contributed by atoms with van der Waals surface area (Å²) >= 11 is 0. The molecule has 2 aromatic rings. The minimum atomic E-state index is -0.931. The highest BCUT2D eigenvalue weighted by molar-refractivity contribution is 5.75. The van der Waals surface area contributed by atoms with Gasteiger partial charge in [-0.2, -0.15) is 0 Å². The smallest absolute Gasteiger partial charge is 0.140 e. The first-order valence-corrected chi connectivity index (χ1v) is 8.72. The molecule has 0 saturated carbocycles. The second-order valence-corrected chi connectivity index (χ2v) is 6.87. The fourth-order valence-corrected chi connectivity index (χ4v) is 3.70. The summed E-state index contributed by atoms with van der Waals surface area (Å²) in [4.78, 5) is 10.00. The number of aryl methyl sites for hydroxylation is 1. The Labute approximate surface area is 141 Å². The number of alkyl halides is 1. The third kappa shape index (κ3) is 3.31. The molecule has 2 saturated heterocycles. The molecule has 4 rings (SSSR count). The summed E-state index contributed by atoms with van der Waals surface area (Å²) in [6.45, 7) is 5.05. The Kier molecular flexibility index (Phi) is 4.52. The number of imidazole rings is 1. The summed E-state index contributed by atoms with van der Waals surface area (Å²) in [7, 11) is 0. The Hall–Kier alpha value is -1.50. The molecule has 3 heterocycles. The van der Waals surface area contributed by atoms with E-state index < -0.39 is 6.17 Å². The molecular weight excluding hydrogens is 309 g/mol. The zero-order valence-electron chi connectivity index (χ0n) is 14.0. The number of nitrogens with zero attached hydrogens (tertiary/aromatic N) is 2. The molecule has 0 radical (unpaired) electrons. The average Bonchev–Trinajstić information content (AvgIpc) is 3.16. The molecule has 5 nitrogen and oxygen atoms in total. The lowest BCUT2D eigenvalue weighted by Crippen LogP contribution is -2.38. The van der Waals surface area contributed by atoms with Gasteiger partial charge in [-0.15, -0.1) is 0 Å². The Bertz CT molecular complexity index is 699. The van der Waals surface area contributed by atoms with E-state index in [2.05, 4.69) is 20.9 Å². The Morgan fingerprint density at radius 1 is 1.33 bits per heavy atom. The van der Waals surface area contributed by atoms with Crippen molar-refractivity contribution >= 4 is 11.0 Å². The van der Waals surface area contributed by atoms with E-state index in [1.54, 1.807) is 0 Å². The summed E-state index contributed by atoms with van der Waals surface area (Å²) in [6.07, 6.45) is 0.673. The number of nitrogens with one attached hydrogen (secondary N) is 1. The fraction of sp³-hybridized carbons (Fsp3) is 0.611. The number of likely N-dealkylation sites (tertiary alicyclic amines) is 1. The van der Waals surface area contributed by atoms with Crippen LogP contribution in [0.1, 0.15) is 24.2 Å². The molecule has 2 aliphatic rings. The van der Waals surface area contributed by atoms with E-state index in [-0.39, 0.29) is 6.10 Å². The monoisotopic (exact) mass is 333 g/mol. The molecule has 0 amide bonds. The van der Waals surface area contributed by atoms with E-state index >= 15 is 0 Å². The second-order valence-electron chi connectivity index (χ2n) is 6.87. The molecule has 6 heteroatoms. The van der Waals surface area contributed by atoms with Crippen molar-refractivity contribution in [2.75, 3.05) is 26.3 Å². The third-order valence-electron chi connectivity index (χ3n) is 5.05. The molecule has 0 spiro atoms. The van der Waals surface area contributed by atoms with Crippen LogP contribution >= 0.6 is 0 Å². The number of fused-ring (bicyclic) bond motifs is 1. The highest BCUT2D eigenvalue weighted by Gasteiger charge is 2.37. The summed E-state index contributed by atoms with van der Waals surface area (Å²) < 4.78 is 25.6. The van der Waals surface area contributed by atoms with Crippen LogP contribution in [0.2, 0.25) is 0 Å². The lowest BCUT2D eigenvalue weighted by molar-refractivity contribution is 0.00313. The molecule has 2 unspecified atom stereocenters. The van der Waals surface area contributed by atoms with Crippen molar-refractivity contribution in [2.24, 2.45) is 0 Å². The summed E-state index contributed by atoms with van der Waals surface area (Å²) in [5.41, 5.74) is 3.11. The van der Waals surface area contributed by atoms with Gasteiger partial charge < -0.3 is 14.5 Å². The first kappa shape index (κ1) is 16.0. The van der Waals surface area contributed by atoms with E-state index in [1.165, 1.54) is 5.56 Å². The molecule has 2 aliphatic heterocycles. The van der Waals surface area contributed by atoms with Crippen LogP contribution < -0.4 is 0 Å². The quantitative estimate of drug-likeness (QED) is 0.934. The summed E-state index contributed by atoms with van der Waals surface area (Å²) in [5, 5.41) is 0. The van der Waals surface area contributed by atoms with Crippen LogP contribution in [0.3, 0.4) is 0 Å². The third-order valence-corrected chi connectivity index (χ3v) is 5.05. The van der Waals surface area contributed by atoms with Gasteiger partial charge in [-0.3, -0.25) is 4.90 Å². The van der Waals surface area contributed by atoms with Crippen molar-refractivity contribution in [3.05, 3.63) is 29.6 Å². The zero-order chi connectivity index (χ0) is 16.5. The van der Waals surface area contributed by atoms with E-state index in [9.17, 15) is 4.39 Å². The van der Waals surface area contributed by atoms with Gasteiger partial charge in [-0.25, -0.2) is 9.37 Å². The molecule has 2 fully saturated rings. The minimum Gasteiger partial charge on any atom is -0.381 e. The van der Waals surface area contributed by atoms with Crippen molar-refractivity contribution in [1.29, 1.82) is 0 Å². The van der Waals surface area contributed by atoms with Gasteiger partial charge in [0.2, 0.25) is 0 Å². The summed E-state index contributed by atoms with van der Waals surface area (Å²) in [5.74, 6) is 0.757.